The predicted octanol–water partition coefficient (Wildman–Crippen LogP) is 3.29. The summed E-state index contributed by atoms with van der Waals surface area (Å²) in [6.07, 6.45) is 9.14. The molecule has 3 saturated carbocycles. The number of rotatable bonds is 3. The van der Waals surface area contributed by atoms with Gasteiger partial charge in [0, 0.05) is 12.6 Å². The van der Waals surface area contributed by atoms with Crippen LogP contribution >= 0.6 is 0 Å². The number of hydrogen-bond donors (Lipinski definition) is 1. The van der Waals surface area contributed by atoms with E-state index in [0.717, 1.165) is 30.6 Å². The molecule has 0 spiro atoms. The van der Waals surface area contributed by atoms with Crippen LogP contribution in [0.15, 0.2) is 0 Å². The molecule has 1 N–H and O–H groups in total. The maximum absolute atomic E-state index is 10.3. The van der Waals surface area contributed by atoms with Gasteiger partial charge < -0.3 is 10.0 Å². The number of likely N-dealkylation sites (N-methyl/N-ethyl adjacent to an activating group) is 1. The first kappa shape index (κ1) is 13.9. The zero-order valence-corrected chi connectivity index (χ0v) is 12.9. The van der Waals surface area contributed by atoms with Crippen LogP contribution in [-0.2, 0) is 0 Å². The predicted molar refractivity (Wildman–Crippen MR) is 79.0 cm³/mol. The van der Waals surface area contributed by atoms with Gasteiger partial charge >= 0.3 is 0 Å². The maximum Gasteiger partial charge on any atom is 0.0695 e. The van der Waals surface area contributed by atoms with E-state index in [9.17, 15) is 5.11 Å². The van der Waals surface area contributed by atoms with Crippen LogP contribution < -0.4 is 0 Å². The van der Waals surface area contributed by atoms with E-state index in [1.807, 2.05) is 0 Å². The third-order valence-corrected chi connectivity index (χ3v) is 6.30. The molecule has 2 heteroatoms. The van der Waals surface area contributed by atoms with Crippen molar-refractivity contribution in [3.05, 3.63) is 0 Å². The molecule has 2 nitrogen and oxygen atoms in total. The van der Waals surface area contributed by atoms with Crippen molar-refractivity contribution >= 4 is 0 Å². The van der Waals surface area contributed by atoms with Gasteiger partial charge in [0.1, 0.15) is 0 Å². The van der Waals surface area contributed by atoms with Gasteiger partial charge in [-0.1, -0.05) is 20.3 Å². The van der Waals surface area contributed by atoms with Crippen LogP contribution in [0.5, 0.6) is 0 Å². The highest BCUT2D eigenvalue weighted by molar-refractivity contribution is 4.94. The highest BCUT2D eigenvalue weighted by Gasteiger charge is 2.42. The van der Waals surface area contributed by atoms with Crippen LogP contribution in [0.3, 0.4) is 0 Å². The molecule has 0 radical (unpaired) electrons. The Bertz CT molecular complexity index is 327. The van der Waals surface area contributed by atoms with Crippen LogP contribution in [0.1, 0.15) is 58.8 Å². The fourth-order valence-electron chi connectivity index (χ4n) is 5.09. The quantitative estimate of drug-likeness (QED) is 0.846. The van der Waals surface area contributed by atoms with Crippen molar-refractivity contribution < 1.29 is 5.11 Å². The number of aliphatic hydroxyl groups is 1. The molecular formula is C17H31NO. The second kappa shape index (κ2) is 5.04. The van der Waals surface area contributed by atoms with Crippen molar-refractivity contribution in [2.75, 3.05) is 13.6 Å². The lowest BCUT2D eigenvalue weighted by Gasteiger charge is -2.44. The molecule has 5 atom stereocenters. The third kappa shape index (κ3) is 2.85. The number of nitrogens with zero attached hydrogens (tertiary/aromatic N) is 1. The van der Waals surface area contributed by atoms with Gasteiger partial charge in [-0.05, 0) is 68.7 Å². The standard InChI is InChI=1S/C17H31NO/c1-17(2)7-6-16(19)15(10-17)18(3)11-14-9-12-4-5-13(14)8-12/h12-16,19H,4-11H2,1-3H3. The summed E-state index contributed by atoms with van der Waals surface area (Å²) in [5.74, 6) is 2.96. The second-order valence-corrected chi connectivity index (χ2v) is 8.42. The first-order valence-electron chi connectivity index (χ1n) is 8.33. The van der Waals surface area contributed by atoms with E-state index in [1.54, 1.807) is 0 Å². The third-order valence-electron chi connectivity index (χ3n) is 6.30. The largest absolute Gasteiger partial charge is 0.391 e. The lowest BCUT2D eigenvalue weighted by molar-refractivity contribution is -0.0147. The molecular weight excluding hydrogens is 234 g/mol. The molecule has 0 aromatic carbocycles. The normalized spacial score (nSPS) is 45.0. The van der Waals surface area contributed by atoms with Crippen LogP contribution in [0.4, 0.5) is 0 Å². The van der Waals surface area contributed by atoms with Crippen molar-refractivity contribution in [2.24, 2.45) is 23.2 Å². The van der Waals surface area contributed by atoms with E-state index in [0.29, 0.717) is 11.5 Å². The van der Waals surface area contributed by atoms with Gasteiger partial charge in [0.2, 0.25) is 0 Å². The minimum absolute atomic E-state index is 0.100. The molecule has 0 amide bonds. The minimum Gasteiger partial charge on any atom is -0.391 e. The van der Waals surface area contributed by atoms with Gasteiger partial charge in [0.05, 0.1) is 6.10 Å². The van der Waals surface area contributed by atoms with E-state index in [2.05, 4.69) is 25.8 Å². The number of hydrogen-bond acceptors (Lipinski definition) is 2. The Balaban J connectivity index is 1.58. The van der Waals surface area contributed by atoms with Crippen LogP contribution in [0.25, 0.3) is 0 Å². The van der Waals surface area contributed by atoms with Crippen molar-refractivity contribution in [1.29, 1.82) is 0 Å². The van der Waals surface area contributed by atoms with Gasteiger partial charge in [0.15, 0.2) is 0 Å². The van der Waals surface area contributed by atoms with Crippen molar-refractivity contribution in [3.63, 3.8) is 0 Å². The van der Waals surface area contributed by atoms with Gasteiger partial charge in [-0.2, -0.15) is 0 Å². The number of fused-ring (bicyclic) bond motifs is 2. The van der Waals surface area contributed by atoms with Crippen LogP contribution in [0.2, 0.25) is 0 Å². The Morgan fingerprint density at radius 2 is 1.95 bits per heavy atom. The smallest absolute Gasteiger partial charge is 0.0695 e. The van der Waals surface area contributed by atoms with Gasteiger partial charge in [-0.15, -0.1) is 0 Å². The molecule has 0 heterocycles. The Morgan fingerprint density at radius 1 is 1.16 bits per heavy atom. The molecule has 0 aromatic rings. The van der Waals surface area contributed by atoms with Crippen LogP contribution in [0, 0.1) is 23.2 Å². The molecule has 5 unspecified atom stereocenters. The van der Waals surface area contributed by atoms with Crippen LogP contribution in [-0.4, -0.2) is 35.7 Å². The fourth-order valence-corrected chi connectivity index (χ4v) is 5.09. The molecule has 0 saturated heterocycles. The van der Waals surface area contributed by atoms with E-state index in [1.165, 1.54) is 38.6 Å². The molecule has 3 aliphatic carbocycles. The van der Waals surface area contributed by atoms with E-state index >= 15 is 0 Å². The first-order chi connectivity index (χ1) is 8.94. The second-order valence-electron chi connectivity index (χ2n) is 8.42. The summed E-state index contributed by atoms with van der Waals surface area (Å²) in [5.41, 5.74) is 0.410. The van der Waals surface area contributed by atoms with E-state index in [4.69, 9.17) is 0 Å². The molecule has 2 bridgehead atoms. The molecule has 3 rings (SSSR count). The van der Waals surface area contributed by atoms with E-state index < -0.39 is 0 Å². The molecule has 19 heavy (non-hydrogen) atoms. The lowest BCUT2D eigenvalue weighted by Crippen LogP contribution is -2.49. The summed E-state index contributed by atoms with van der Waals surface area (Å²) >= 11 is 0. The summed E-state index contributed by atoms with van der Waals surface area (Å²) in [7, 11) is 2.25. The molecule has 0 aliphatic heterocycles. The van der Waals surface area contributed by atoms with Gasteiger partial charge in [-0.3, -0.25) is 0 Å². The monoisotopic (exact) mass is 265 g/mol. The minimum atomic E-state index is -0.100. The Kier molecular flexibility index (Phi) is 3.68. The average Bonchev–Trinajstić information content (AvgIpc) is 2.94. The fraction of sp³-hybridized carbons (Fsp3) is 1.00. The molecule has 3 aliphatic rings. The topological polar surface area (TPSA) is 23.5 Å². The highest BCUT2D eigenvalue weighted by Crippen LogP contribution is 2.49. The Labute approximate surface area is 118 Å². The summed E-state index contributed by atoms with van der Waals surface area (Å²) in [5, 5.41) is 10.3. The Morgan fingerprint density at radius 3 is 2.58 bits per heavy atom. The van der Waals surface area contributed by atoms with Crippen molar-refractivity contribution in [3.8, 4) is 0 Å². The summed E-state index contributed by atoms with van der Waals surface area (Å²) < 4.78 is 0. The highest BCUT2D eigenvalue weighted by atomic mass is 16.3. The zero-order valence-electron chi connectivity index (χ0n) is 12.9. The maximum atomic E-state index is 10.3. The molecule has 110 valence electrons. The SMILES string of the molecule is CN(CC1CC2CCC1C2)C1CC(C)(C)CCC1O. The molecule has 3 fully saturated rings. The van der Waals surface area contributed by atoms with Gasteiger partial charge in [0.25, 0.3) is 0 Å². The molecule has 0 aromatic heterocycles. The number of aliphatic hydroxyl groups excluding tert-OH is 1. The summed E-state index contributed by atoms with van der Waals surface area (Å²) in [6.45, 7) is 5.94. The summed E-state index contributed by atoms with van der Waals surface area (Å²) in [6, 6.07) is 0.392. The zero-order chi connectivity index (χ0) is 13.6. The van der Waals surface area contributed by atoms with Gasteiger partial charge in [-0.25, -0.2) is 0 Å². The van der Waals surface area contributed by atoms with Crippen molar-refractivity contribution in [2.45, 2.75) is 70.9 Å². The van der Waals surface area contributed by atoms with E-state index in [-0.39, 0.29) is 6.10 Å². The van der Waals surface area contributed by atoms with Crippen molar-refractivity contribution in [1.82, 2.24) is 4.90 Å². The average molecular weight is 265 g/mol. The summed E-state index contributed by atoms with van der Waals surface area (Å²) in [4.78, 5) is 2.50. The Hall–Kier alpha value is -0.0800. The first-order valence-corrected chi connectivity index (χ1v) is 8.33. The lowest BCUT2D eigenvalue weighted by atomic mass is 9.73.